The number of ether oxygens (including phenoxy) is 1. The molecule has 0 radical (unpaired) electrons. The summed E-state index contributed by atoms with van der Waals surface area (Å²) >= 11 is 8.62. The summed E-state index contributed by atoms with van der Waals surface area (Å²) < 4.78 is 4.90. The van der Waals surface area contributed by atoms with Gasteiger partial charge in [-0.15, -0.1) is 11.6 Å². The van der Waals surface area contributed by atoms with Gasteiger partial charge < -0.3 is 4.74 Å². The number of alkyl halides is 2. The molecule has 0 heterocycles. The highest BCUT2D eigenvalue weighted by molar-refractivity contribution is 9.10. The number of rotatable bonds is 5. The molecule has 0 aliphatic rings. The molecule has 1 N–H and O–H groups in total. The zero-order valence-electron chi connectivity index (χ0n) is 9.57. The molecule has 1 rings (SSSR count). The van der Waals surface area contributed by atoms with Gasteiger partial charge in [0, 0.05) is 5.88 Å². The molecule has 1 aromatic carbocycles. The van der Waals surface area contributed by atoms with Gasteiger partial charge in [-0.25, -0.2) is 4.79 Å². The van der Waals surface area contributed by atoms with E-state index < -0.39 is 16.8 Å². The smallest absolute Gasteiger partial charge is 0.414 e. The van der Waals surface area contributed by atoms with Crippen LogP contribution in [0.15, 0.2) is 30.3 Å². The van der Waals surface area contributed by atoms with Crippen molar-refractivity contribution in [1.29, 1.82) is 0 Å². The van der Waals surface area contributed by atoms with Gasteiger partial charge in [0.05, 0.1) is 4.83 Å². The molecule has 0 aliphatic carbocycles. The van der Waals surface area contributed by atoms with Crippen LogP contribution in [0.2, 0.25) is 0 Å². The van der Waals surface area contributed by atoms with Gasteiger partial charge in [-0.1, -0.05) is 46.3 Å². The molecule has 0 fully saturated rings. The lowest BCUT2D eigenvalue weighted by atomic mass is 10.2. The van der Waals surface area contributed by atoms with Gasteiger partial charge in [0.1, 0.15) is 6.61 Å². The maximum Gasteiger partial charge on any atom is 0.414 e. The van der Waals surface area contributed by atoms with Crippen LogP contribution in [0.1, 0.15) is 12.0 Å². The molecule has 0 saturated carbocycles. The van der Waals surface area contributed by atoms with Crippen molar-refractivity contribution in [1.82, 2.24) is 5.32 Å². The third kappa shape index (κ3) is 5.51. The minimum atomic E-state index is -0.761. The maximum absolute atomic E-state index is 11.4. The molecule has 0 saturated heterocycles. The third-order valence-corrected chi connectivity index (χ3v) is 3.18. The predicted molar refractivity (Wildman–Crippen MR) is 72.8 cm³/mol. The number of amides is 2. The Bertz CT molecular complexity index is 400. The van der Waals surface area contributed by atoms with Gasteiger partial charge in [0.2, 0.25) is 5.91 Å². The van der Waals surface area contributed by atoms with Crippen molar-refractivity contribution in [3.63, 3.8) is 0 Å². The maximum atomic E-state index is 11.4. The van der Waals surface area contributed by atoms with Crippen LogP contribution in [0, 0.1) is 0 Å². The van der Waals surface area contributed by atoms with Gasteiger partial charge in [-0.3, -0.25) is 10.1 Å². The number of carbonyl (C=O) groups is 2. The zero-order chi connectivity index (χ0) is 13.4. The molecular weight excluding hydrogens is 321 g/mol. The monoisotopic (exact) mass is 333 g/mol. The number of hydrogen-bond acceptors (Lipinski definition) is 3. The number of benzene rings is 1. The normalized spacial score (nSPS) is 11.7. The Balaban J connectivity index is 2.32. The number of alkyl carbamates (subject to hydrolysis) is 1. The Morgan fingerprint density at radius 3 is 2.61 bits per heavy atom. The van der Waals surface area contributed by atoms with Crippen LogP contribution in [0.5, 0.6) is 0 Å². The van der Waals surface area contributed by atoms with Crippen LogP contribution in [0.4, 0.5) is 4.79 Å². The average Bonchev–Trinajstić information content (AvgIpc) is 2.38. The second-order valence-corrected chi connectivity index (χ2v) is 4.98. The van der Waals surface area contributed by atoms with E-state index in [4.69, 9.17) is 16.3 Å². The van der Waals surface area contributed by atoms with Crippen molar-refractivity contribution < 1.29 is 14.3 Å². The van der Waals surface area contributed by atoms with Crippen molar-refractivity contribution in [2.75, 3.05) is 5.88 Å². The lowest BCUT2D eigenvalue weighted by molar-refractivity contribution is -0.119. The number of nitrogens with one attached hydrogen (secondary N) is 1. The second-order valence-electron chi connectivity index (χ2n) is 3.50. The largest absolute Gasteiger partial charge is 0.444 e. The fraction of sp³-hybridized carbons (Fsp3) is 0.333. The Kier molecular flexibility index (Phi) is 6.75. The van der Waals surface area contributed by atoms with E-state index in [2.05, 4.69) is 21.2 Å². The van der Waals surface area contributed by atoms with E-state index in [1.807, 2.05) is 30.3 Å². The minimum absolute atomic E-state index is 0.127. The zero-order valence-corrected chi connectivity index (χ0v) is 11.9. The molecule has 1 atom stereocenters. The van der Waals surface area contributed by atoms with Crippen LogP contribution in [-0.4, -0.2) is 22.7 Å². The quantitative estimate of drug-likeness (QED) is 0.843. The van der Waals surface area contributed by atoms with E-state index >= 15 is 0 Å². The molecule has 6 heteroatoms. The van der Waals surface area contributed by atoms with E-state index in [9.17, 15) is 9.59 Å². The topological polar surface area (TPSA) is 55.4 Å². The van der Waals surface area contributed by atoms with E-state index in [0.717, 1.165) is 5.56 Å². The Labute approximate surface area is 119 Å². The van der Waals surface area contributed by atoms with Crippen LogP contribution < -0.4 is 5.32 Å². The summed E-state index contributed by atoms with van der Waals surface area (Å²) in [6.45, 7) is 0.127. The Morgan fingerprint density at radius 2 is 2.00 bits per heavy atom. The first-order valence-electron chi connectivity index (χ1n) is 5.35. The molecule has 1 unspecified atom stereocenters. The summed E-state index contributed by atoms with van der Waals surface area (Å²) in [5.74, 6) is -0.115. The van der Waals surface area contributed by atoms with Gasteiger partial charge >= 0.3 is 6.09 Å². The highest BCUT2D eigenvalue weighted by atomic mass is 79.9. The van der Waals surface area contributed by atoms with Gasteiger partial charge in [0.15, 0.2) is 0 Å². The highest BCUT2D eigenvalue weighted by Crippen LogP contribution is 2.06. The summed E-state index contributed by atoms with van der Waals surface area (Å²) in [5, 5.41) is 2.13. The lowest BCUT2D eigenvalue weighted by Gasteiger charge is -2.09. The molecule has 98 valence electrons. The molecule has 1 aromatic rings. The van der Waals surface area contributed by atoms with Crippen molar-refractivity contribution in [2.24, 2.45) is 0 Å². The number of imide groups is 1. The molecule has 2 amide bonds. The van der Waals surface area contributed by atoms with Crippen LogP contribution in [-0.2, 0) is 16.1 Å². The SMILES string of the molecule is O=C(NC(=O)C(Br)CCCl)OCc1ccccc1. The first-order chi connectivity index (χ1) is 8.63. The summed E-state index contributed by atoms with van der Waals surface area (Å²) in [6.07, 6.45) is -0.317. The third-order valence-electron chi connectivity index (χ3n) is 2.09. The average molecular weight is 335 g/mol. The Hall–Kier alpha value is -1.07. The van der Waals surface area contributed by atoms with E-state index in [1.165, 1.54) is 0 Å². The molecule has 0 bridgehead atoms. The Morgan fingerprint density at radius 1 is 1.33 bits per heavy atom. The first kappa shape index (κ1) is 15.0. The van der Waals surface area contributed by atoms with Crippen molar-refractivity contribution >= 4 is 39.5 Å². The fourth-order valence-electron chi connectivity index (χ4n) is 1.16. The van der Waals surface area contributed by atoms with Gasteiger partial charge in [-0.2, -0.15) is 0 Å². The van der Waals surface area contributed by atoms with Gasteiger partial charge in [-0.05, 0) is 12.0 Å². The summed E-state index contributed by atoms with van der Waals surface area (Å²) in [6, 6.07) is 9.22. The number of halogens is 2. The lowest BCUT2D eigenvalue weighted by Crippen LogP contribution is -2.36. The highest BCUT2D eigenvalue weighted by Gasteiger charge is 2.17. The molecule has 0 aliphatic heterocycles. The first-order valence-corrected chi connectivity index (χ1v) is 6.80. The van der Waals surface area contributed by atoms with Crippen molar-refractivity contribution in [3.8, 4) is 0 Å². The molecular formula is C12H13BrClNO3. The predicted octanol–water partition coefficient (Wildman–Crippen LogP) is 2.83. The van der Waals surface area contributed by atoms with Crippen molar-refractivity contribution in [3.05, 3.63) is 35.9 Å². The summed E-state index contributed by atoms with van der Waals surface area (Å²) in [4.78, 5) is 22.3. The van der Waals surface area contributed by atoms with E-state index in [1.54, 1.807) is 0 Å². The van der Waals surface area contributed by atoms with Crippen LogP contribution >= 0.6 is 27.5 Å². The van der Waals surface area contributed by atoms with Gasteiger partial charge in [0.25, 0.3) is 0 Å². The van der Waals surface area contributed by atoms with Crippen LogP contribution in [0.25, 0.3) is 0 Å². The summed E-state index contributed by atoms with van der Waals surface area (Å²) in [7, 11) is 0. The number of carbonyl (C=O) groups excluding carboxylic acids is 2. The van der Waals surface area contributed by atoms with E-state index in [-0.39, 0.29) is 6.61 Å². The standard InChI is InChI=1S/C12H13BrClNO3/c13-10(6-7-14)11(16)15-12(17)18-8-9-4-2-1-3-5-9/h1-5,10H,6-8H2,(H,15,16,17). The molecule has 0 aromatic heterocycles. The molecule has 0 spiro atoms. The van der Waals surface area contributed by atoms with Crippen LogP contribution in [0.3, 0.4) is 0 Å². The van der Waals surface area contributed by atoms with E-state index in [0.29, 0.717) is 12.3 Å². The number of hydrogen-bond donors (Lipinski definition) is 1. The summed E-state index contributed by atoms with van der Waals surface area (Å²) in [5.41, 5.74) is 0.858. The molecule has 18 heavy (non-hydrogen) atoms. The second kappa shape index (κ2) is 8.11. The van der Waals surface area contributed by atoms with Crippen molar-refractivity contribution in [2.45, 2.75) is 17.9 Å². The fourth-order valence-corrected chi connectivity index (χ4v) is 1.99. The molecule has 4 nitrogen and oxygen atoms in total. The minimum Gasteiger partial charge on any atom is -0.444 e.